The number of hydrogen-bond donors (Lipinski definition) is 1. The Morgan fingerprint density at radius 3 is 2.95 bits per heavy atom. The van der Waals surface area contributed by atoms with Crippen molar-refractivity contribution in [3.63, 3.8) is 0 Å². The van der Waals surface area contributed by atoms with Crippen LogP contribution < -0.4 is 5.32 Å². The minimum atomic E-state index is 0.112. The van der Waals surface area contributed by atoms with Crippen LogP contribution in [0.1, 0.15) is 17.5 Å². The fraction of sp³-hybridized carbons (Fsp3) is 0.533. The Morgan fingerprint density at radius 2 is 2.11 bits per heavy atom. The van der Waals surface area contributed by atoms with Gasteiger partial charge in [-0.05, 0) is 36.6 Å². The molecule has 0 aromatic heterocycles. The molecule has 4 heteroatoms. The normalized spacial score (nSPS) is 19.3. The number of anilines is 1. The number of amides is 1. The van der Waals surface area contributed by atoms with Crippen LogP contribution in [0.2, 0.25) is 0 Å². The zero-order valence-electron chi connectivity index (χ0n) is 11.2. The molecule has 0 radical (unpaired) electrons. The summed E-state index contributed by atoms with van der Waals surface area (Å²) in [7, 11) is 0. The standard InChI is InChI=1S/C15H20N2O2/c18-15-11-13-10-12(3-4-14(13)16-15)2-1-5-17-6-8-19-9-7-17/h3-4,10H,1-2,5-9,11H2,(H,16,18). The van der Waals surface area contributed by atoms with Crippen LogP contribution in [0.5, 0.6) is 0 Å². The molecule has 1 aromatic rings. The van der Waals surface area contributed by atoms with Gasteiger partial charge in [0, 0.05) is 18.8 Å². The number of ether oxygens (including phenoxy) is 1. The van der Waals surface area contributed by atoms with E-state index >= 15 is 0 Å². The zero-order chi connectivity index (χ0) is 13.1. The third-order valence-corrected chi connectivity index (χ3v) is 3.84. The lowest BCUT2D eigenvalue weighted by molar-refractivity contribution is -0.115. The second-order valence-electron chi connectivity index (χ2n) is 5.27. The molecule has 0 saturated carbocycles. The number of nitrogens with one attached hydrogen (secondary N) is 1. The quantitative estimate of drug-likeness (QED) is 0.891. The largest absolute Gasteiger partial charge is 0.379 e. The molecule has 0 bridgehead atoms. The van der Waals surface area contributed by atoms with Crippen LogP contribution in [0.4, 0.5) is 5.69 Å². The van der Waals surface area contributed by atoms with Gasteiger partial charge in [-0.15, -0.1) is 0 Å². The van der Waals surface area contributed by atoms with Crippen LogP contribution in [-0.4, -0.2) is 43.7 Å². The van der Waals surface area contributed by atoms with E-state index in [4.69, 9.17) is 4.74 Å². The van der Waals surface area contributed by atoms with Gasteiger partial charge < -0.3 is 10.1 Å². The molecule has 2 heterocycles. The minimum Gasteiger partial charge on any atom is -0.379 e. The van der Waals surface area contributed by atoms with E-state index in [2.05, 4.69) is 22.3 Å². The van der Waals surface area contributed by atoms with E-state index in [0.717, 1.165) is 50.5 Å². The molecule has 1 amide bonds. The van der Waals surface area contributed by atoms with Gasteiger partial charge in [0.05, 0.1) is 19.6 Å². The van der Waals surface area contributed by atoms with Crippen LogP contribution >= 0.6 is 0 Å². The molecule has 2 aliphatic heterocycles. The zero-order valence-corrected chi connectivity index (χ0v) is 11.2. The highest BCUT2D eigenvalue weighted by Crippen LogP contribution is 2.24. The van der Waals surface area contributed by atoms with E-state index in [9.17, 15) is 4.79 Å². The average molecular weight is 260 g/mol. The van der Waals surface area contributed by atoms with Gasteiger partial charge in [0.1, 0.15) is 0 Å². The smallest absolute Gasteiger partial charge is 0.228 e. The highest BCUT2D eigenvalue weighted by Gasteiger charge is 2.17. The lowest BCUT2D eigenvalue weighted by Crippen LogP contribution is -2.36. The van der Waals surface area contributed by atoms with Gasteiger partial charge in [0.2, 0.25) is 5.91 Å². The molecule has 0 spiro atoms. The Kier molecular flexibility index (Phi) is 3.80. The van der Waals surface area contributed by atoms with Crippen molar-refractivity contribution in [2.45, 2.75) is 19.3 Å². The molecule has 19 heavy (non-hydrogen) atoms. The molecule has 3 rings (SSSR count). The molecule has 2 aliphatic rings. The summed E-state index contributed by atoms with van der Waals surface area (Å²) in [5, 5.41) is 2.87. The number of rotatable bonds is 4. The molecule has 4 nitrogen and oxygen atoms in total. The van der Waals surface area contributed by atoms with Gasteiger partial charge in [-0.25, -0.2) is 0 Å². The number of carbonyl (C=O) groups is 1. The fourth-order valence-electron chi connectivity index (χ4n) is 2.77. The summed E-state index contributed by atoms with van der Waals surface area (Å²) < 4.78 is 5.34. The van der Waals surface area contributed by atoms with Crippen LogP contribution in [0.3, 0.4) is 0 Å². The summed E-state index contributed by atoms with van der Waals surface area (Å²) in [6, 6.07) is 6.33. The lowest BCUT2D eigenvalue weighted by Gasteiger charge is -2.26. The first-order valence-corrected chi connectivity index (χ1v) is 7.03. The molecule has 1 N–H and O–H groups in total. The second-order valence-corrected chi connectivity index (χ2v) is 5.27. The van der Waals surface area contributed by atoms with Gasteiger partial charge in [-0.1, -0.05) is 12.1 Å². The molecule has 1 saturated heterocycles. The molecular weight excluding hydrogens is 240 g/mol. The van der Waals surface area contributed by atoms with Crippen molar-refractivity contribution in [1.82, 2.24) is 4.90 Å². The molecule has 0 atom stereocenters. The van der Waals surface area contributed by atoms with Crippen molar-refractivity contribution in [3.8, 4) is 0 Å². The summed E-state index contributed by atoms with van der Waals surface area (Å²) in [6.45, 7) is 4.99. The van der Waals surface area contributed by atoms with Gasteiger partial charge in [0.25, 0.3) is 0 Å². The first-order valence-electron chi connectivity index (χ1n) is 7.03. The number of carbonyl (C=O) groups excluding carboxylic acids is 1. The number of benzene rings is 1. The van der Waals surface area contributed by atoms with Gasteiger partial charge >= 0.3 is 0 Å². The fourth-order valence-corrected chi connectivity index (χ4v) is 2.77. The molecule has 102 valence electrons. The third kappa shape index (κ3) is 3.14. The number of nitrogens with zero attached hydrogens (tertiary/aromatic N) is 1. The predicted molar refractivity (Wildman–Crippen MR) is 74.4 cm³/mol. The van der Waals surface area contributed by atoms with Crippen molar-refractivity contribution in [1.29, 1.82) is 0 Å². The van der Waals surface area contributed by atoms with E-state index < -0.39 is 0 Å². The first kappa shape index (κ1) is 12.6. The maximum Gasteiger partial charge on any atom is 0.228 e. The summed E-state index contributed by atoms with van der Waals surface area (Å²) >= 11 is 0. The summed E-state index contributed by atoms with van der Waals surface area (Å²) in [4.78, 5) is 13.8. The van der Waals surface area contributed by atoms with Gasteiger partial charge in [0.15, 0.2) is 0 Å². The number of morpholine rings is 1. The summed E-state index contributed by atoms with van der Waals surface area (Å²) in [5.74, 6) is 0.112. The molecule has 1 fully saturated rings. The van der Waals surface area contributed by atoms with Crippen molar-refractivity contribution in [2.24, 2.45) is 0 Å². The Hall–Kier alpha value is -1.39. The van der Waals surface area contributed by atoms with Crippen LogP contribution in [0.25, 0.3) is 0 Å². The highest BCUT2D eigenvalue weighted by molar-refractivity contribution is 5.99. The van der Waals surface area contributed by atoms with E-state index in [1.165, 1.54) is 12.0 Å². The van der Waals surface area contributed by atoms with Gasteiger partial charge in [-0.2, -0.15) is 0 Å². The summed E-state index contributed by atoms with van der Waals surface area (Å²) in [6.07, 6.45) is 2.78. The lowest BCUT2D eigenvalue weighted by atomic mass is 10.0. The Bertz CT molecular complexity index is 467. The Labute approximate surface area is 113 Å². The molecular formula is C15H20N2O2. The van der Waals surface area contributed by atoms with E-state index in [-0.39, 0.29) is 5.91 Å². The van der Waals surface area contributed by atoms with Crippen LogP contribution in [0.15, 0.2) is 18.2 Å². The van der Waals surface area contributed by atoms with Crippen LogP contribution in [-0.2, 0) is 22.4 Å². The topological polar surface area (TPSA) is 41.6 Å². The molecule has 0 unspecified atom stereocenters. The number of fused-ring (bicyclic) bond motifs is 1. The van der Waals surface area contributed by atoms with Crippen molar-refractivity contribution in [3.05, 3.63) is 29.3 Å². The average Bonchev–Trinajstić information content (AvgIpc) is 2.79. The van der Waals surface area contributed by atoms with E-state index in [0.29, 0.717) is 6.42 Å². The first-order chi connectivity index (χ1) is 9.31. The Morgan fingerprint density at radius 1 is 1.26 bits per heavy atom. The number of hydrogen-bond acceptors (Lipinski definition) is 3. The van der Waals surface area contributed by atoms with Crippen molar-refractivity contribution in [2.75, 3.05) is 38.2 Å². The molecule has 1 aromatic carbocycles. The van der Waals surface area contributed by atoms with Crippen molar-refractivity contribution >= 4 is 11.6 Å². The highest BCUT2D eigenvalue weighted by atomic mass is 16.5. The van der Waals surface area contributed by atoms with Crippen molar-refractivity contribution < 1.29 is 9.53 Å². The minimum absolute atomic E-state index is 0.112. The van der Waals surface area contributed by atoms with E-state index in [1.807, 2.05) is 6.07 Å². The van der Waals surface area contributed by atoms with E-state index in [1.54, 1.807) is 0 Å². The van der Waals surface area contributed by atoms with Crippen LogP contribution in [0, 0.1) is 0 Å². The predicted octanol–water partition coefficient (Wildman–Crippen LogP) is 1.45. The Balaban J connectivity index is 1.50. The maximum absolute atomic E-state index is 11.3. The maximum atomic E-state index is 11.3. The monoisotopic (exact) mass is 260 g/mol. The third-order valence-electron chi connectivity index (χ3n) is 3.84. The molecule has 0 aliphatic carbocycles. The second kappa shape index (κ2) is 5.72. The number of aryl methyl sites for hydroxylation is 1. The SMILES string of the molecule is O=C1Cc2cc(CCCN3CCOCC3)ccc2N1. The summed E-state index contributed by atoms with van der Waals surface area (Å²) in [5.41, 5.74) is 3.47. The van der Waals surface area contributed by atoms with Gasteiger partial charge in [-0.3, -0.25) is 9.69 Å².